The maximum absolute atomic E-state index is 2.35. The van der Waals surface area contributed by atoms with E-state index in [9.17, 15) is 0 Å². The van der Waals surface area contributed by atoms with Crippen LogP contribution in [0.15, 0.2) is 42.5 Å². The second-order valence-corrected chi connectivity index (χ2v) is 4.80. The minimum Gasteiger partial charge on any atom is -0.0622 e. The monoisotopic (exact) mass is 310 g/mol. The molecule has 18 heavy (non-hydrogen) atoms. The molecular weight excluding hydrogens is 295 g/mol. The van der Waals surface area contributed by atoms with Crippen LogP contribution < -0.4 is 0 Å². The molecule has 0 spiro atoms. The Morgan fingerprint density at radius 1 is 0.833 bits per heavy atom. The molecule has 2 aromatic carbocycles. The van der Waals surface area contributed by atoms with E-state index in [0.717, 1.165) is 6.42 Å². The summed E-state index contributed by atoms with van der Waals surface area (Å²) in [5, 5.41) is 0. The van der Waals surface area contributed by atoms with Gasteiger partial charge in [0, 0.05) is 26.2 Å². The standard InChI is InChI=1S/C17H16.Zr/c1-12-8-9-13(2)17-11-15(10-16(12)17)14-6-4-3-5-7-14;/h3-10H,11H2,1-2H3;. The molecule has 0 bridgehead atoms. The van der Waals surface area contributed by atoms with Crippen LogP contribution in [0.2, 0.25) is 0 Å². The summed E-state index contributed by atoms with van der Waals surface area (Å²) < 4.78 is 0. The van der Waals surface area contributed by atoms with Gasteiger partial charge < -0.3 is 0 Å². The van der Waals surface area contributed by atoms with E-state index in [2.05, 4.69) is 62.4 Å². The zero-order valence-corrected chi connectivity index (χ0v) is 13.3. The van der Waals surface area contributed by atoms with Crippen LogP contribution in [0.25, 0.3) is 11.6 Å². The molecule has 0 saturated carbocycles. The maximum Gasteiger partial charge on any atom is 0 e. The number of hydrogen-bond acceptors (Lipinski definition) is 0. The Bertz CT molecular complexity index is 595. The van der Waals surface area contributed by atoms with E-state index in [1.807, 2.05) is 0 Å². The molecule has 3 rings (SSSR count). The first kappa shape index (κ1) is 13.5. The molecule has 1 heteroatoms. The smallest absolute Gasteiger partial charge is 0 e. The van der Waals surface area contributed by atoms with Crippen molar-refractivity contribution in [1.82, 2.24) is 0 Å². The van der Waals surface area contributed by atoms with E-state index in [0.29, 0.717) is 0 Å². The Labute approximate surface area is 128 Å². The van der Waals surface area contributed by atoms with Crippen LogP contribution in [0.3, 0.4) is 0 Å². The zero-order chi connectivity index (χ0) is 11.8. The number of aryl methyl sites for hydroxylation is 2. The molecule has 0 aromatic heterocycles. The summed E-state index contributed by atoms with van der Waals surface area (Å²) in [6.45, 7) is 4.41. The molecule has 0 heterocycles. The van der Waals surface area contributed by atoms with Crippen LogP contribution in [0.1, 0.15) is 27.8 Å². The van der Waals surface area contributed by atoms with Gasteiger partial charge in [-0.15, -0.1) is 0 Å². The van der Waals surface area contributed by atoms with Crippen LogP contribution in [-0.4, -0.2) is 0 Å². The van der Waals surface area contributed by atoms with Crippen molar-refractivity contribution in [2.75, 3.05) is 0 Å². The number of allylic oxidation sites excluding steroid dienone is 1. The van der Waals surface area contributed by atoms with Crippen LogP contribution in [0, 0.1) is 13.8 Å². The molecule has 1 aliphatic rings. The summed E-state index contributed by atoms with van der Waals surface area (Å²) in [6, 6.07) is 15.1. The minimum atomic E-state index is 0. The van der Waals surface area contributed by atoms with E-state index in [4.69, 9.17) is 0 Å². The first-order chi connectivity index (χ1) is 8.25. The van der Waals surface area contributed by atoms with Gasteiger partial charge in [-0.25, -0.2) is 0 Å². The predicted molar refractivity (Wildman–Crippen MR) is 73.9 cm³/mol. The Morgan fingerprint density at radius 3 is 2.17 bits per heavy atom. The minimum absolute atomic E-state index is 0. The predicted octanol–water partition coefficient (Wildman–Crippen LogP) is 4.40. The summed E-state index contributed by atoms with van der Waals surface area (Å²) in [7, 11) is 0. The fourth-order valence-corrected chi connectivity index (χ4v) is 2.58. The quantitative estimate of drug-likeness (QED) is 0.732. The molecule has 0 aliphatic heterocycles. The van der Waals surface area contributed by atoms with Crippen molar-refractivity contribution in [1.29, 1.82) is 0 Å². The van der Waals surface area contributed by atoms with Gasteiger partial charge >= 0.3 is 0 Å². The molecule has 88 valence electrons. The first-order valence-electron chi connectivity index (χ1n) is 6.11. The van der Waals surface area contributed by atoms with Crippen molar-refractivity contribution in [2.24, 2.45) is 0 Å². The van der Waals surface area contributed by atoms with E-state index in [1.165, 1.54) is 33.4 Å². The van der Waals surface area contributed by atoms with Crippen LogP contribution >= 0.6 is 0 Å². The van der Waals surface area contributed by atoms with Gasteiger partial charge in [-0.05, 0) is 53.7 Å². The summed E-state index contributed by atoms with van der Waals surface area (Å²) in [4.78, 5) is 0. The van der Waals surface area contributed by atoms with Gasteiger partial charge in [-0.2, -0.15) is 0 Å². The summed E-state index contributed by atoms with van der Waals surface area (Å²) in [5.74, 6) is 0. The molecule has 0 radical (unpaired) electrons. The van der Waals surface area contributed by atoms with Crippen LogP contribution in [0.4, 0.5) is 0 Å². The Kier molecular flexibility index (Phi) is 4.02. The summed E-state index contributed by atoms with van der Waals surface area (Å²) >= 11 is 0. The average Bonchev–Trinajstić information content (AvgIpc) is 2.81. The second-order valence-electron chi connectivity index (χ2n) is 4.80. The van der Waals surface area contributed by atoms with Crippen molar-refractivity contribution >= 4 is 11.6 Å². The number of benzene rings is 2. The van der Waals surface area contributed by atoms with Crippen molar-refractivity contribution in [3.05, 3.63) is 70.3 Å². The molecule has 1 aliphatic carbocycles. The fraction of sp³-hybridized carbons (Fsp3) is 0.176. The third kappa shape index (κ3) is 2.29. The van der Waals surface area contributed by atoms with Crippen molar-refractivity contribution in [3.63, 3.8) is 0 Å². The number of fused-ring (bicyclic) bond motifs is 1. The molecule has 0 atom stereocenters. The van der Waals surface area contributed by atoms with E-state index >= 15 is 0 Å². The molecule has 0 saturated heterocycles. The van der Waals surface area contributed by atoms with Gasteiger partial charge in [0.1, 0.15) is 0 Å². The molecule has 0 unspecified atom stereocenters. The number of hydrogen-bond donors (Lipinski definition) is 0. The van der Waals surface area contributed by atoms with Crippen molar-refractivity contribution in [2.45, 2.75) is 20.3 Å². The van der Waals surface area contributed by atoms with Gasteiger partial charge in [0.2, 0.25) is 0 Å². The normalized spacial score (nSPS) is 12.7. The topological polar surface area (TPSA) is 0 Å². The van der Waals surface area contributed by atoms with E-state index in [1.54, 1.807) is 0 Å². The van der Waals surface area contributed by atoms with Gasteiger partial charge in [0.15, 0.2) is 0 Å². The van der Waals surface area contributed by atoms with Crippen molar-refractivity contribution < 1.29 is 26.2 Å². The fourth-order valence-electron chi connectivity index (χ4n) is 2.58. The third-order valence-electron chi connectivity index (χ3n) is 3.64. The van der Waals surface area contributed by atoms with Crippen LogP contribution in [0.5, 0.6) is 0 Å². The first-order valence-corrected chi connectivity index (χ1v) is 6.11. The zero-order valence-electron chi connectivity index (χ0n) is 10.8. The molecule has 0 N–H and O–H groups in total. The van der Waals surface area contributed by atoms with Gasteiger partial charge in [-0.1, -0.05) is 48.5 Å². The van der Waals surface area contributed by atoms with Gasteiger partial charge in [0.05, 0.1) is 0 Å². The molecular formula is C17H16Zr. The van der Waals surface area contributed by atoms with Crippen LogP contribution in [-0.2, 0) is 32.6 Å². The van der Waals surface area contributed by atoms with Crippen molar-refractivity contribution in [3.8, 4) is 0 Å². The molecule has 0 nitrogen and oxygen atoms in total. The van der Waals surface area contributed by atoms with E-state index in [-0.39, 0.29) is 26.2 Å². The molecule has 0 fully saturated rings. The summed E-state index contributed by atoms with van der Waals surface area (Å²) in [5.41, 5.74) is 8.53. The van der Waals surface area contributed by atoms with E-state index < -0.39 is 0 Å². The average molecular weight is 312 g/mol. The van der Waals surface area contributed by atoms with Gasteiger partial charge in [0.25, 0.3) is 0 Å². The molecule has 0 amide bonds. The third-order valence-corrected chi connectivity index (χ3v) is 3.64. The van der Waals surface area contributed by atoms with Gasteiger partial charge in [-0.3, -0.25) is 0 Å². The summed E-state index contributed by atoms with van der Waals surface area (Å²) in [6.07, 6.45) is 3.43. The maximum atomic E-state index is 2.35. The Balaban J connectivity index is 0.00000120. The SMILES string of the molecule is Cc1ccc(C)c2c1C=C(c1ccccc1)C2.[Zr]. The number of rotatable bonds is 1. The molecule has 2 aromatic rings. The second kappa shape index (κ2) is 5.37. The Hall–Kier alpha value is -0.937. The Morgan fingerprint density at radius 2 is 1.50 bits per heavy atom. The largest absolute Gasteiger partial charge is 0.0622 e.